The molecule has 1 heterocycles. The number of aliphatic hydroxyl groups is 1. The molecule has 1 aromatic heterocycles. The molecule has 0 amide bonds. The van der Waals surface area contributed by atoms with Gasteiger partial charge in [0.1, 0.15) is 0 Å². The van der Waals surface area contributed by atoms with Crippen LogP contribution in [0.25, 0.3) is 0 Å². The van der Waals surface area contributed by atoms with Gasteiger partial charge < -0.3 is 15.0 Å². The molecule has 0 atom stereocenters. The van der Waals surface area contributed by atoms with Crippen molar-refractivity contribution < 1.29 is 5.11 Å². The van der Waals surface area contributed by atoms with Crippen molar-refractivity contribution in [1.82, 2.24) is 9.55 Å². The highest BCUT2D eigenvalue weighted by molar-refractivity contribution is 9.10. The summed E-state index contributed by atoms with van der Waals surface area (Å²) < 4.78 is 2.87. The largest absolute Gasteiger partial charge is 0.392 e. The van der Waals surface area contributed by atoms with Crippen LogP contribution in [0.5, 0.6) is 0 Å². The van der Waals surface area contributed by atoms with Gasteiger partial charge in [-0.25, -0.2) is 4.98 Å². The summed E-state index contributed by atoms with van der Waals surface area (Å²) in [5.74, 6) is 0. The summed E-state index contributed by atoms with van der Waals surface area (Å²) in [7, 11) is 1.94. The normalized spacial score (nSPS) is 10.5. The molecule has 5 heteroatoms. The van der Waals surface area contributed by atoms with Crippen molar-refractivity contribution in [2.24, 2.45) is 7.05 Å². The Balaban J connectivity index is 2.08. The van der Waals surface area contributed by atoms with E-state index in [1.807, 2.05) is 36.0 Å². The Morgan fingerprint density at radius 2 is 2.29 bits per heavy atom. The summed E-state index contributed by atoms with van der Waals surface area (Å²) in [5, 5.41) is 12.5. The molecule has 1 aromatic carbocycles. The van der Waals surface area contributed by atoms with Gasteiger partial charge in [-0.1, -0.05) is 15.9 Å². The van der Waals surface area contributed by atoms with Crippen molar-refractivity contribution in [3.05, 3.63) is 46.5 Å². The van der Waals surface area contributed by atoms with Crippen molar-refractivity contribution in [3.8, 4) is 0 Å². The summed E-state index contributed by atoms with van der Waals surface area (Å²) in [4.78, 5) is 4.23. The van der Waals surface area contributed by atoms with Gasteiger partial charge in [0.2, 0.25) is 0 Å². The summed E-state index contributed by atoms with van der Waals surface area (Å²) in [6.07, 6.45) is 3.73. The first-order valence-corrected chi connectivity index (χ1v) is 6.08. The predicted octanol–water partition coefficient (Wildman–Crippen LogP) is 2.29. The van der Waals surface area contributed by atoms with Crippen LogP contribution in [0.1, 0.15) is 11.3 Å². The Morgan fingerprint density at radius 3 is 2.94 bits per heavy atom. The van der Waals surface area contributed by atoms with E-state index in [4.69, 9.17) is 0 Å². The molecule has 0 spiro atoms. The monoisotopic (exact) mass is 295 g/mol. The van der Waals surface area contributed by atoms with E-state index in [9.17, 15) is 5.11 Å². The number of imidazole rings is 1. The molecule has 0 unspecified atom stereocenters. The second kappa shape index (κ2) is 5.33. The van der Waals surface area contributed by atoms with Gasteiger partial charge in [0.05, 0.1) is 25.2 Å². The Bertz CT molecular complexity index is 510. The van der Waals surface area contributed by atoms with E-state index >= 15 is 0 Å². The summed E-state index contributed by atoms with van der Waals surface area (Å²) in [5.41, 5.74) is 2.77. The second-order valence-electron chi connectivity index (χ2n) is 3.84. The van der Waals surface area contributed by atoms with Crippen molar-refractivity contribution in [2.75, 3.05) is 5.32 Å². The van der Waals surface area contributed by atoms with E-state index < -0.39 is 0 Å². The van der Waals surface area contributed by atoms with E-state index in [-0.39, 0.29) is 6.61 Å². The van der Waals surface area contributed by atoms with Crippen LogP contribution in [-0.4, -0.2) is 14.7 Å². The fourth-order valence-electron chi connectivity index (χ4n) is 1.61. The Kier molecular flexibility index (Phi) is 3.81. The molecule has 17 heavy (non-hydrogen) atoms. The molecule has 2 rings (SSSR count). The summed E-state index contributed by atoms with van der Waals surface area (Å²) in [6.45, 7) is 0.666. The molecule has 4 nitrogen and oxygen atoms in total. The first-order chi connectivity index (χ1) is 8.19. The highest BCUT2D eigenvalue weighted by Gasteiger charge is 2.03. The average molecular weight is 296 g/mol. The third-order valence-corrected chi connectivity index (χ3v) is 2.95. The minimum atomic E-state index is 0.0178. The minimum absolute atomic E-state index is 0.0178. The SMILES string of the molecule is Cn1cnc(CNc2ccc(Br)cc2CO)c1. The second-order valence-corrected chi connectivity index (χ2v) is 4.76. The molecule has 90 valence electrons. The summed E-state index contributed by atoms with van der Waals surface area (Å²) >= 11 is 3.38. The van der Waals surface area contributed by atoms with Gasteiger partial charge >= 0.3 is 0 Å². The topological polar surface area (TPSA) is 50.1 Å². The zero-order valence-electron chi connectivity index (χ0n) is 9.52. The zero-order chi connectivity index (χ0) is 12.3. The summed E-state index contributed by atoms with van der Waals surface area (Å²) in [6, 6.07) is 5.79. The highest BCUT2D eigenvalue weighted by Crippen LogP contribution is 2.21. The number of anilines is 1. The number of hydrogen-bond acceptors (Lipinski definition) is 3. The van der Waals surface area contributed by atoms with E-state index in [0.717, 1.165) is 21.4 Å². The average Bonchev–Trinajstić information content (AvgIpc) is 2.73. The van der Waals surface area contributed by atoms with Gasteiger partial charge in [0.15, 0.2) is 0 Å². The van der Waals surface area contributed by atoms with Crippen molar-refractivity contribution >= 4 is 21.6 Å². The molecule has 0 fully saturated rings. The highest BCUT2D eigenvalue weighted by atomic mass is 79.9. The van der Waals surface area contributed by atoms with Crippen LogP contribution in [-0.2, 0) is 20.2 Å². The van der Waals surface area contributed by atoms with E-state index in [0.29, 0.717) is 6.54 Å². The molecule has 0 aliphatic heterocycles. The van der Waals surface area contributed by atoms with E-state index in [1.54, 1.807) is 6.33 Å². The van der Waals surface area contributed by atoms with Gasteiger partial charge in [-0.05, 0) is 18.2 Å². The molecular formula is C12H14BrN3O. The quantitative estimate of drug-likeness (QED) is 0.910. The zero-order valence-corrected chi connectivity index (χ0v) is 11.1. The van der Waals surface area contributed by atoms with Gasteiger partial charge in [-0.3, -0.25) is 0 Å². The first-order valence-electron chi connectivity index (χ1n) is 5.29. The van der Waals surface area contributed by atoms with E-state index in [2.05, 4.69) is 26.2 Å². The van der Waals surface area contributed by atoms with Crippen LogP contribution in [0.15, 0.2) is 35.2 Å². The number of nitrogens with one attached hydrogen (secondary N) is 1. The first kappa shape index (κ1) is 12.1. The molecule has 2 aromatic rings. The molecule has 0 aliphatic carbocycles. The number of halogens is 1. The number of nitrogens with zero attached hydrogens (tertiary/aromatic N) is 2. The fourth-order valence-corrected chi connectivity index (χ4v) is 2.02. The van der Waals surface area contributed by atoms with Crippen LogP contribution < -0.4 is 5.32 Å². The van der Waals surface area contributed by atoms with Gasteiger partial charge in [-0.15, -0.1) is 0 Å². The third kappa shape index (κ3) is 3.08. The number of aliphatic hydroxyl groups excluding tert-OH is 1. The minimum Gasteiger partial charge on any atom is -0.392 e. The third-order valence-electron chi connectivity index (χ3n) is 2.46. The van der Waals surface area contributed by atoms with Crippen LogP contribution in [0, 0.1) is 0 Å². The maximum atomic E-state index is 9.26. The van der Waals surface area contributed by atoms with Crippen molar-refractivity contribution in [3.63, 3.8) is 0 Å². The number of rotatable bonds is 4. The van der Waals surface area contributed by atoms with Crippen LogP contribution in [0.2, 0.25) is 0 Å². The fraction of sp³-hybridized carbons (Fsp3) is 0.250. The Morgan fingerprint density at radius 1 is 1.47 bits per heavy atom. The van der Waals surface area contributed by atoms with Gasteiger partial charge in [0.25, 0.3) is 0 Å². The lowest BCUT2D eigenvalue weighted by molar-refractivity contribution is 0.282. The van der Waals surface area contributed by atoms with Crippen molar-refractivity contribution in [2.45, 2.75) is 13.2 Å². The van der Waals surface area contributed by atoms with Crippen molar-refractivity contribution in [1.29, 1.82) is 0 Å². The smallest absolute Gasteiger partial charge is 0.0947 e. The lowest BCUT2D eigenvalue weighted by Gasteiger charge is -2.09. The van der Waals surface area contributed by atoms with Crippen LogP contribution >= 0.6 is 15.9 Å². The maximum absolute atomic E-state index is 9.26. The number of aryl methyl sites for hydroxylation is 1. The van der Waals surface area contributed by atoms with E-state index in [1.165, 1.54) is 0 Å². The number of aromatic nitrogens is 2. The number of hydrogen-bond donors (Lipinski definition) is 2. The molecular weight excluding hydrogens is 282 g/mol. The molecule has 2 N–H and O–H groups in total. The molecule has 0 bridgehead atoms. The lowest BCUT2D eigenvalue weighted by Crippen LogP contribution is -2.02. The predicted molar refractivity (Wildman–Crippen MR) is 70.6 cm³/mol. The standard InChI is InChI=1S/C12H14BrN3O/c1-16-6-11(15-8-16)5-14-12-3-2-10(13)4-9(12)7-17/h2-4,6,8,14,17H,5,7H2,1H3. The van der Waals surface area contributed by atoms with Gasteiger partial charge in [-0.2, -0.15) is 0 Å². The lowest BCUT2D eigenvalue weighted by atomic mass is 10.2. The molecule has 0 saturated carbocycles. The molecule has 0 radical (unpaired) electrons. The van der Waals surface area contributed by atoms with Gasteiger partial charge in [0, 0.05) is 29.0 Å². The molecule has 0 aliphatic rings. The number of benzene rings is 1. The Hall–Kier alpha value is -1.33. The van der Waals surface area contributed by atoms with Crippen LogP contribution in [0.3, 0.4) is 0 Å². The van der Waals surface area contributed by atoms with Crippen LogP contribution in [0.4, 0.5) is 5.69 Å². The maximum Gasteiger partial charge on any atom is 0.0947 e. The Labute approximate surface area is 108 Å². The molecule has 0 saturated heterocycles.